The van der Waals surface area contributed by atoms with Crippen LogP contribution in [0.25, 0.3) is 10.2 Å². The topological polar surface area (TPSA) is 55.2 Å². The van der Waals surface area contributed by atoms with E-state index in [4.69, 9.17) is 4.98 Å². The molecule has 4 rings (SSSR count). The van der Waals surface area contributed by atoms with Gasteiger partial charge in [-0.1, -0.05) is 6.92 Å². The first-order valence-corrected chi connectivity index (χ1v) is 9.70. The summed E-state index contributed by atoms with van der Waals surface area (Å²) < 4.78 is 1.81. The number of piperidine rings is 1. The SMILES string of the molecule is Cc1c(C(=O)N2CCC(C)CC2)sc2nc3n(c(=O)c12)CCCC3. The number of amides is 1. The summed E-state index contributed by atoms with van der Waals surface area (Å²) >= 11 is 1.40. The fourth-order valence-corrected chi connectivity index (χ4v) is 4.95. The van der Waals surface area contributed by atoms with Crippen LogP contribution < -0.4 is 5.56 Å². The zero-order chi connectivity index (χ0) is 16.8. The molecule has 2 aromatic heterocycles. The quantitative estimate of drug-likeness (QED) is 0.798. The van der Waals surface area contributed by atoms with E-state index in [2.05, 4.69) is 6.92 Å². The number of thiophene rings is 1. The van der Waals surface area contributed by atoms with Crippen LogP contribution in [-0.4, -0.2) is 33.4 Å². The lowest BCUT2D eigenvalue weighted by molar-refractivity contribution is 0.0701. The van der Waals surface area contributed by atoms with Crippen molar-refractivity contribution in [3.05, 3.63) is 26.6 Å². The maximum atomic E-state index is 12.9. The summed E-state index contributed by atoms with van der Waals surface area (Å²) in [7, 11) is 0. The van der Waals surface area contributed by atoms with Crippen molar-refractivity contribution in [1.82, 2.24) is 14.5 Å². The van der Waals surface area contributed by atoms with Crippen LogP contribution in [0.3, 0.4) is 0 Å². The highest BCUT2D eigenvalue weighted by Crippen LogP contribution is 2.30. The smallest absolute Gasteiger partial charge is 0.264 e. The number of aromatic nitrogens is 2. The van der Waals surface area contributed by atoms with Crippen LogP contribution >= 0.6 is 11.3 Å². The molecule has 0 aliphatic carbocycles. The summed E-state index contributed by atoms with van der Waals surface area (Å²) in [6.07, 6.45) is 5.09. The summed E-state index contributed by atoms with van der Waals surface area (Å²) in [4.78, 5) is 33.9. The van der Waals surface area contributed by atoms with Crippen molar-refractivity contribution in [3.63, 3.8) is 0 Å². The van der Waals surface area contributed by atoms with Gasteiger partial charge in [-0.2, -0.15) is 0 Å². The molecule has 0 aromatic carbocycles. The molecule has 24 heavy (non-hydrogen) atoms. The normalized spacial score (nSPS) is 18.8. The third kappa shape index (κ3) is 2.48. The molecule has 2 aliphatic heterocycles. The van der Waals surface area contributed by atoms with Gasteiger partial charge in [0, 0.05) is 26.1 Å². The Morgan fingerprint density at radius 3 is 2.71 bits per heavy atom. The molecule has 0 bridgehead atoms. The molecule has 1 fully saturated rings. The first-order chi connectivity index (χ1) is 11.6. The molecule has 0 N–H and O–H groups in total. The summed E-state index contributed by atoms with van der Waals surface area (Å²) in [5.41, 5.74) is 0.853. The van der Waals surface area contributed by atoms with E-state index in [0.717, 1.165) is 68.0 Å². The van der Waals surface area contributed by atoms with E-state index in [1.165, 1.54) is 11.3 Å². The second kappa shape index (κ2) is 5.99. The fraction of sp³-hybridized carbons (Fsp3) is 0.611. The van der Waals surface area contributed by atoms with Crippen molar-refractivity contribution >= 4 is 27.5 Å². The van der Waals surface area contributed by atoms with Crippen LogP contribution in [0.15, 0.2) is 4.79 Å². The number of nitrogens with zero attached hydrogens (tertiary/aromatic N) is 3. The molecular weight excluding hydrogens is 322 g/mol. The van der Waals surface area contributed by atoms with Crippen molar-refractivity contribution < 1.29 is 4.79 Å². The summed E-state index contributed by atoms with van der Waals surface area (Å²) in [6.45, 7) is 6.52. The molecule has 0 saturated carbocycles. The van der Waals surface area contributed by atoms with Crippen LogP contribution in [0.4, 0.5) is 0 Å². The van der Waals surface area contributed by atoms with Crippen LogP contribution in [-0.2, 0) is 13.0 Å². The van der Waals surface area contributed by atoms with Crippen molar-refractivity contribution in [2.24, 2.45) is 5.92 Å². The highest BCUT2D eigenvalue weighted by molar-refractivity contribution is 7.20. The van der Waals surface area contributed by atoms with Gasteiger partial charge in [-0.3, -0.25) is 14.2 Å². The molecule has 0 atom stereocenters. The van der Waals surface area contributed by atoms with E-state index in [1.807, 2.05) is 16.4 Å². The lowest BCUT2D eigenvalue weighted by Gasteiger charge is -2.30. The molecule has 2 aliphatic rings. The van der Waals surface area contributed by atoms with E-state index < -0.39 is 0 Å². The van der Waals surface area contributed by atoms with Gasteiger partial charge < -0.3 is 4.90 Å². The molecule has 128 valence electrons. The first kappa shape index (κ1) is 15.8. The average Bonchev–Trinajstić information content (AvgIpc) is 2.92. The third-order valence-electron chi connectivity index (χ3n) is 5.43. The molecular formula is C18H23N3O2S. The van der Waals surface area contributed by atoms with E-state index in [-0.39, 0.29) is 11.5 Å². The van der Waals surface area contributed by atoms with Crippen molar-refractivity contribution in [2.45, 2.75) is 52.5 Å². The highest BCUT2D eigenvalue weighted by atomic mass is 32.1. The minimum atomic E-state index is 0.0368. The third-order valence-corrected chi connectivity index (χ3v) is 6.60. The Labute approximate surface area is 145 Å². The molecule has 5 nitrogen and oxygen atoms in total. The Kier molecular flexibility index (Phi) is 3.95. The summed E-state index contributed by atoms with van der Waals surface area (Å²) in [5, 5.41) is 0.652. The highest BCUT2D eigenvalue weighted by Gasteiger charge is 2.27. The van der Waals surface area contributed by atoms with Crippen LogP contribution in [0.2, 0.25) is 0 Å². The number of hydrogen-bond donors (Lipinski definition) is 0. The van der Waals surface area contributed by atoms with Gasteiger partial charge in [0.15, 0.2) is 0 Å². The Morgan fingerprint density at radius 2 is 1.96 bits per heavy atom. The maximum absolute atomic E-state index is 12.9. The molecule has 1 saturated heterocycles. The number of hydrogen-bond acceptors (Lipinski definition) is 4. The van der Waals surface area contributed by atoms with Gasteiger partial charge in [0.1, 0.15) is 10.7 Å². The molecule has 6 heteroatoms. The molecule has 2 aromatic rings. The Morgan fingerprint density at radius 1 is 1.21 bits per heavy atom. The number of carbonyl (C=O) groups excluding carboxylic acids is 1. The first-order valence-electron chi connectivity index (χ1n) is 8.88. The molecule has 1 amide bonds. The lowest BCUT2D eigenvalue weighted by Crippen LogP contribution is -2.37. The number of aryl methyl sites for hydroxylation is 2. The van der Waals surface area contributed by atoms with Crippen molar-refractivity contribution in [2.75, 3.05) is 13.1 Å². The Bertz CT molecular complexity index is 859. The van der Waals surface area contributed by atoms with E-state index in [1.54, 1.807) is 0 Å². The van der Waals surface area contributed by atoms with Gasteiger partial charge in [-0.25, -0.2) is 4.98 Å². The van der Waals surface area contributed by atoms with Gasteiger partial charge in [0.2, 0.25) is 0 Å². The predicted molar refractivity (Wildman–Crippen MR) is 95.9 cm³/mol. The lowest BCUT2D eigenvalue weighted by atomic mass is 9.99. The summed E-state index contributed by atoms with van der Waals surface area (Å²) in [5.74, 6) is 1.64. The molecule has 0 spiro atoms. The van der Waals surface area contributed by atoms with Crippen molar-refractivity contribution in [1.29, 1.82) is 0 Å². The zero-order valence-corrected chi connectivity index (χ0v) is 15.1. The minimum Gasteiger partial charge on any atom is -0.338 e. The van der Waals surface area contributed by atoms with Gasteiger partial charge in [0.25, 0.3) is 11.5 Å². The van der Waals surface area contributed by atoms with E-state index >= 15 is 0 Å². The van der Waals surface area contributed by atoms with E-state index in [9.17, 15) is 9.59 Å². The molecule has 4 heterocycles. The van der Waals surface area contributed by atoms with Gasteiger partial charge >= 0.3 is 0 Å². The molecule has 0 unspecified atom stereocenters. The van der Waals surface area contributed by atoms with Gasteiger partial charge in [0.05, 0.1) is 10.3 Å². The monoisotopic (exact) mass is 345 g/mol. The second-order valence-corrected chi connectivity index (χ2v) is 8.15. The van der Waals surface area contributed by atoms with Gasteiger partial charge in [-0.15, -0.1) is 11.3 Å². The van der Waals surface area contributed by atoms with E-state index in [0.29, 0.717) is 16.2 Å². The maximum Gasteiger partial charge on any atom is 0.264 e. The Balaban J connectivity index is 1.77. The number of likely N-dealkylation sites (tertiary alicyclic amines) is 1. The number of fused-ring (bicyclic) bond motifs is 2. The standard InChI is InChI=1S/C18H23N3O2S/c1-11-6-9-20(10-7-11)18(23)15-12(2)14-16(24-15)19-13-5-3-4-8-21(13)17(14)22/h11H,3-10H2,1-2H3. The fourth-order valence-electron chi connectivity index (χ4n) is 3.79. The summed E-state index contributed by atoms with van der Waals surface area (Å²) in [6, 6.07) is 0. The Hall–Kier alpha value is -1.69. The van der Waals surface area contributed by atoms with Crippen LogP contribution in [0, 0.1) is 12.8 Å². The number of rotatable bonds is 1. The van der Waals surface area contributed by atoms with Crippen LogP contribution in [0.1, 0.15) is 53.7 Å². The largest absolute Gasteiger partial charge is 0.338 e. The van der Waals surface area contributed by atoms with Crippen LogP contribution in [0.5, 0.6) is 0 Å². The molecule has 0 radical (unpaired) electrons. The van der Waals surface area contributed by atoms with Crippen molar-refractivity contribution in [3.8, 4) is 0 Å². The number of carbonyl (C=O) groups is 1. The minimum absolute atomic E-state index is 0.0368. The zero-order valence-electron chi connectivity index (χ0n) is 14.3. The second-order valence-electron chi connectivity index (χ2n) is 7.15. The average molecular weight is 345 g/mol. The predicted octanol–water partition coefficient (Wildman–Crippen LogP) is 2.97. The van der Waals surface area contributed by atoms with Gasteiger partial charge in [-0.05, 0) is 44.1 Å².